The minimum atomic E-state index is -3.08. The molecular formula is C16H21ClN2O4S. The summed E-state index contributed by atoms with van der Waals surface area (Å²) in [7, 11) is -3.08. The van der Waals surface area contributed by atoms with Crippen molar-refractivity contribution in [3.05, 3.63) is 28.8 Å². The number of amides is 2. The summed E-state index contributed by atoms with van der Waals surface area (Å²) in [5.41, 5.74) is 1.29. The molecule has 8 heteroatoms. The highest BCUT2D eigenvalue weighted by atomic mass is 35.5. The predicted octanol–water partition coefficient (Wildman–Crippen LogP) is 2.01. The smallest absolute Gasteiger partial charge is 0.233 e. The molecule has 1 fully saturated rings. The molecule has 1 heterocycles. The van der Waals surface area contributed by atoms with Crippen LogP contribution in [0.4, 0.5) is 5.69 Å². The maximum absolute atomic E-state index is 12.4. The van der Waals surface area contributed by atoms with Crippen molar-refractivity contribution >= 4 is 38.9 Å². The number of benzene rings is 1. The number of rotatable bonds is 5. The minimum absolute atomic E-state index is 0.0262. The van der Waals surface area contributed by atoms with E-state index in [9.17, 15) is 18.0 Å². The number of nitrogens with one attached hydrogen (secondary N) is 1. The Morgan fingerprint density at radius 1 is 1.38 bits per heavy atom. The first kappa shape index (κ1) is 18.7. The second-order valence-corrected chi connectivity index (χ2v) is 8.51. The van der Waals surface area contributed by atoms with E-state index in [1.807, 2.05) is 0 Å². The Labute approximate surface area is 147 Å². The number of hydrogen-bond acceptors (Lipinski definition) is 4. The Kier molecular flexibility index (Phi) is 5.87. The van der Waals surface area contributed by atoms with Crippen LogP contribution in [0.1, 0.15) is 25.3 Å². The fourth-order valence-corrected chi connectivity index (χ4v) is 4.74. The molecule has 0 radical (unpaired) electrons. The maximum Gasteiger partial charge on any atom is 0.233 e. The second kappa shape index (κ2) is 7.53. The topological polar surface area (TPSA) is 83.6 Å². The first-order chi connectivity index (χ1) is 11.2. The van der Waals surface area contributed by atoms with Crippen LogP contribution in [0.15, 0.2) is 18.2 Å². The van der Waals surface area contributed by atoms with Crippen LogP contribution in [0.2, 0.25) is 5.02 Å². The van der Waals surface area contributed by atoms with Crippen molar-refractivity contribution in [2.75, 3.05) is 23.4 Å². The van der Waals surface area contributed by atoms with Gasteiger partial charge in [-0.2, -0.15) is 0 Å². The lowest BCUT2D eigenvalue weighted by atomic mass is 10.2. The van der Waals surface area contributed by atoms with Gasteiger partial charge in [-0.05, 0) is 38.0 Å². The number of anilines is 1. The Bertz CT molecular complexity index is 748. The third-order valence-corrected chi connectivity index (χ3v) is 6.32. The van der Waals surface area contributed by atoms with E-state index in [-0.39, 0.29) is 29.9 Å². The summed E-state index contributed by atoms with van der Waals surface area (Å²) >= 11 is 6.01. The van der Waals surface area contributed by atoms with Gasteiger partial charge in [0.1, 0.15) is 6.42 Å². The highest BCUT2D eigenvalue weighted by Gasteiger charge is 2.34. The highest BCUT2D eigenvalue weighted by Crippen LogP contribution is 2.23. The van der Waals surface area contributed by atoms with Crippen LogP contribution in [0, 0.1) is 6.92 Å². The monoisotopic (exact) mass is 372 g/mol. The van der Waals surface area contributed by atoms with E-state index >= 15 is 0 Å². The molecule has 1 aromatic carbocycles. The maximum atomic E-state index is 12.4. The molecule has 2 rings (SSSR count). The van der Waals surface area contributed by atoms with Gasteiger partial charge in [-0.15, -0.1) is 0 Å². The fourth-order valence-electron chi connectivity index (χ4n) is 2.84. The largest absolute Gasteiger partial charge is 0.338 e. The van der Waals surface area contributed by atoms with E-state index < -0.39 is 15.7 Å². The van der Waals surface area contributed by atoms with Crippen LogP contribution >= 0.6 is 11.6 Å². The summed E-state index contributed by atoms with van der Waals surface area (Å²) in [6, 6.07) is 4.81. The third kappa shape index (κ3) is 4.48. The van der Waals surface area contributed by atoms with Crippen molar-refractivity contribution in [1.29, 1.82) is 0 Å². The van der Waals surface area contributed by atoms with Gasteiger partial charge in [-0.3, -0.25) is 9.59 Å². The number of carbonyl (C=O) groups excluding carboxylic acids is 2. The van der Waals surface area contributed by atoms with E-state index in [4.69, 9.17) is 11.6 Å². The summed E-state index contributed by atoms with van der Waals surface area (Å²) in [5.74, 6) is -0.738. The molecule has 1 aliphatic heterocycles. The van der Waals surface area contributed by atoms with Gasteiger partial charge in [0.15, 0.2) is 9.84 Å². The molecule has 0 saturated carbocycles. The van der Waals surface area contributed by atoms with Gasteiger partial charge in [0.25, 0.3) is 0 Å². The molecule has 0 aliphatic carbocycles. The fraction of sp³-hybridized carbons (Fsp3) is 0.500. The first-order valence-corrected chi connectivity index (χ1v) is 9.98. The third-order valence-electron chi connectivity index (χ3n) is 4.16. The number of halogens is 1. The molecule has 1 N–H and O–H groups in total. The molecular weight excluding hydrogens is 352 g/mol. The van der Waals surface area contributed by atoms with Gasteiger partial charge in [-0.25, -0.2) is 8.42 Å². The normalized spacial score (nSPS) is 19.0. The van der Waals surface area contributed by atoms with Crippen molar-refractivity contribution in [3.8, 4) is 0 Å². The number of nitrogens with zero attached hydrogens (tertiary/aromatic N) is 1. The molecule has 2 amide bonds. The lowest BCUT2D eigenvalue weighted by Crippen LogP contribution is -2.42. The van der Waals surface area contributed by atoms with E-state index in [1.54, 1.807) is 32.0 Å². The molecule has 132 valence electrons. The summed E-state index contributed by atoms with van der Waals surface area (Å²) in [4.78, 5) is 26.0. The molecule has 6 nitrogen and oxygen atoms in total. The van der Waals surface area contributed by atoms with Crippen molar-refractivity contribution in [2.24, 2.45) is 0 Å². The zero-order valence-electron chi connectivity index (χ0n) is 13.7. The zero-order chi connectivity index (χ0) is 17.9. The Morgan fingerprint density at radius 3 is 2.67 bits per heavy atom. The number of sulfone groups is 1. The molecule has 24 heavy (non-hydrogen) atoms. The van der Waals surface area contributed by atoms with E-state index in [1.165, 1.54) is 4.90 Å². The van der Waals surface area contributed by atoms with Crippen molar-refractivity contribution in [2.45, 2.75) is 32.7 Å². The first-order valence-electron chi connectivity index (χ1n) is 7.78. The quantitative estimate of drug-likeness (QED) is 0.801. The average Bonchev–Trinajstić information content (AvgIpc) is 2.84. The van der Waals surface area contributed by atoms with E-state index in [0.29, 0.717) is 23.7 Å². The molecule has 0 spiro atoms. The van der Waals surface area contributed by atoms with Crippen molar-refractivity contribution < 1.29 is 18.0 Å². The molecule has 1 aromatic rings. The molecule has 1 unspecified atom stereocenters. The summed E-state index contributed by atoms with van der Waals surface area (Å²) in [6.45, 7) is 3.94. The zero-order valence-corrected chi connectivity index (χ0v) is 15.3. The van der Waals surface area contributed by atoms with Gasteiger partial charge in [0.2, 0.25) is 11.8 Å². The number of hydrogen-bond donors (Lipinski definition) is 1. The Morgan fingerprint density at radius 2 is 2.08 bits per heavy atom. The van der Waals surface area contributed by atoms with Crippen LogP contribution in [0.25, 0.3) is 0 Å². The van der Waals surface area contributed by atoms with Gasteiger partial charge < -0.3 is 10.2 Å². The van der Waals surface area contributed by atoms with Gasteiger partial charge in [0, 0.05) is 23.3 Å². The lowest BCUT2D eigenvalue weighted by Gasteiger charge is -2.26. The molecule has 1 atom stereocenters. The summed E-state index contributed by atoms with van der Waals surface area (Å²) < 4.78 is 23.2. The Hall–Kier alpha value is -1.60. The van der Waals surface area contributed by atoms with Crippen LogP contribution < -0.4 is 5.32 Å². The molecule has 0 aromatic heterocycles. The van der Waals surface area contributed by atoms with Crippen molar-refractivity contribution in [1.82, 2.24) is 4.90 Å². The molecule has 0 bridgehead atoms. The van der Waals surface area contributed by atoms with E-state index in [2.05, 4.69) is 5.32 Å². The van der Waals surface area contributed by atoms with Gasteiger partial charge in [-0.1, -0.05) is 17.7 Å². The Balaban J connectivity index is 2.00. The SMILES string of the molecule is CCN(C(=O)CC(=O)Nc1cccc(Cl)c1C)C1CCS(=O)(=O)C1. The minimum Gasteiger partial charge on any atom is -0.338 e. The molecule has 1 aliphatic rings. The molecule has 1 saturated heterocycles. The average molecular weight is 373 g/mol. The number of carbonyl (C=O) groups is 2. The van der Waals surface area contributed by atoms with Crippen LogP contribution in [0.5, 0.6) is 0 Å². The van der Waals surface area contributed by atoms with Crippen LogP contribution in [-0.2, 0) is 19.4 Å². The second-order valence-electron chi connectivity index (χ2n) is 5.87. The lowest BCUT2D eigenvalue weighted by molar-refractivity contribution is -0.135. The summed E-state index contributed by atoms with van der Waals surface area (Å²) in [5, 5.41) is 3.21. The highest BCUT2D eigenvalue weighted by molar-refractivity contribution is 7.91. The van der Waals surface area contributed by atoms with E-state index in [0.717, 1.165) is 5.56 Å². The van der Waals surface area contributed by atoms with Gasteiger partial charge in [0.05, 0.1) is 11.5 Å². The van der Waals surface area contributed by atoms with Crippen molar-refractivity contribution in [3.63, 3.8) is 0 Å². The summed E-state index contributed by atoms with van der Waals surface area (Å²) in [6.07, 6.45) is 0.104. The van der Waals surface area contributed by atoms with Crippen LogP contribution in [0.3, 0.4) is 0 Å². The van der Waals surface area contributed by atoms with Crippen LogP contribution in [-0.4, -0.2) is 49.2 Å². The predicted molar refractivity (Wildman–Crippen MR) is 93.9 cm³/mol. The van der Waals surface area contributed by atoms with Gasteiger partial charge >= 0.3 is 0 Å². The standard InChI is InChI=1S/C16H21ClN2O4S/c1-3-19(12-7-8-24(22,23)10-12)16(21)9-15(20)18-14-6-4-5-13(17)11(14)2/h4-6,12H,3,7-10H2,1-2H3,(H,18,20).